The molecule has 0 aromatic heterocycles. The number of carbonyl (C=O) groups excluding carboxylic acids is 3. The smallest absolute Gasteiger partial charge is 0.325 e. The molecule has 166 valence electrons. The van der Waals surface area contributed by atoms with Gasteiger partial charge >= 0.3 is 5.97 Å². The van der Waals surface area contributed by atoms with Crippen LogP contribution in [0, 0.1) is 5.41 Å². The third kappa shape index (κ3) is 8.22. The molecule has 2 aromatic rings. The lowest BCUT2D eigenvalue weighted by atomic mass is 9.85. The Labute approximate surface area is 183 Å². The lowest BCUT2D eigenvalue weighted by Gasteiger charge is -2.31. The Morgan fingerprint density at radius 3 is 2.00 bits per heavy atom. The summed E-state index contributed by atoms with van der Waals surface area (Å²) >= 11 is 0. The van der Waals surface area contributed by atoms with Gasteiger partial charge in [-0.15, -0.1) is 0 Å². The summed E-state index contributed by atoms with van der Waals surface area (Å²) in [7, 11) is 0. The van der Waals surface area contributed by atoms with Gasteiger partial charge in [0.2, 0.25) is 11.8 Å². The van der Waals surface area contributed by atoms with Crippen LogP contribution in [-0.2, 0) is 32.1 Å². The van der Waals surface area contributed by atoms with Crippen molar-refractivity contribution >= 4 is 17.8 Å². The first-order valence-corrected chi connectivity index (χ1v) is 10.2. The number of rotatable bonds is 9. The van der Waals surface area contributed by atoms with Gasteiger partial charge in [-0.1, -0.05) is 81.4 Å². The van der Waals surface area contributed by atoms with E-state index in [1.165, 1.54) is 0 Å². The molecule has 7 nitrogen and oxygen atoms in total. The summed E-state index contributed by atoms with van der Waals surface area (Å²) in [4.78, 5) is 37.3. The van der Waals surface area contributed by atoms with E-state index in [1.807, 2.05) is 81.4 Å². The van der Waals surface area contributed by atoms with Gasteiger partial charge in [0.05, 0.1) is 6.04 Å². The van der Waals surface area contributed by atoms with Crippen LogP contribution in [0.2, 0.25) is 0 Å². The van der Waals surface area contributed by atoms with Crippen molar-refractivity contribution in [3.63, 3.8) is 0 Å². The quantitative estimate of drug-likeness (QED) is 0.532. The topological polar surface area (TPSA) is 111 Å². The van der Waals surface area contributed by atoms with Crippen molar-refractivity contribution in [1.82, 2.24) is 10.6 Å². The molecule has 0 saturated carbocycles. The van der Waals surface area contributed by atoms with Gasteiger partial charge in [-0.05, 0) is 23.0 Å². The van der Waals surface area contributed by atoms with E-state index in [9.17, 15) is 14.4 Å². The minimum Gasteiger partial charge on any atom is -0.460 e. The highest BCUT2D eigenvalue weighted by Gasteiger charge is 2.34. The first-order chi connectivity index (χ1) is 14.7. The maximum Gasteiger partial charge on any atom is 0.325 e. The molecular weight excluding hydrogens is 394 g/mol. The van der Waals surface area contributed by atoms with Gasteiger partial charge in [0.25, 0.3) is 0 Å². The molecular formula is C24H31N3O4. The van der Waals surface area contributed by atoms with E-state index in [4.69, 9.17) is 10.5 Å². The van der Waals surface area contributed by atoms with Crippen LogP contribution in [0.3, 0.4) is 0 Å². The van der Waals surface area contributed by atoms with Crippen LogP contribution in [0.25, 0.3) is 0 Å². The Morgan fingerprint density at radius 1 is 0.903 bits per heavy atom. The third-order valence-corrected chi connectivity index (χ3v) is 4.70. The Hall–Kier alpha value is -3.19. The number of nitrogens with one attached hydrogen (secondary N) is 2. The molecule has 2 rings (SSSR count). The number of amides is 2. The second-order valence-corrected chi connectivity index (χ2v) is 8.47. The average molecular weight is 426 g/mol. The minimum absolute atomic E-state index is 0.128. The van der Waals surface area contributed by atoms with Crippen LogP contribution in [0.5, 0.6) is 0 Å². The zero-order valence-corrected chi connectivity index (χ0v) is 18.3. The molecule has 7 heteroatoms. The van der Waals surface area contributed by atoms with Gasteiger partial charge in [-0.25, -0.2) is 0 Å². The van der Waals surface area contributed by atoms with Gasteiger partial charge in [-0.3, -0.25) is 14.4 Å². The summed E-state index contributed by atoms with van der Waals surface area (Å²) < 4.78 is 5.17. The van der Waals surface area contributed by atoms with E-state index in [0.717, 1.165) is 11.1 Å². The van der Waals surface area contributed by atoms with Crippen molar-refractivity contribution in [3.8, 4) is 0 Å². The number of hydrogen-bond acceptors (Lipinski definition) is 5. The van der Waals surface area contributed by atoms with Crippen LogP contribution in [-0.4, -0.2) is 36.4 Å². The summed E-state index contributed by atoms with van der Waals surface area (Å²) in [6, 6.07) is 17.0. The molecule has 0 spiro atoms. The second kappa shape index (κ2) is 11.3. The van der Waals surface area contributed by atoms with Crippen LogP contribution in [0.1, 0.15) is 31.9 Å². The zero-order valence-electron chi connectivity index (χ0n) is 18.3. The molecule has 2 amide bonds. The van der Waals surface area contributed by atoms with Gasteiger partial charge in [0.15, 0.2) is 0 Å². The molecule has 0 saturated heterocycles. The summed E-state index contributed by atoms with van der Waals surface area (Å²) in [5.74, 6) is -1.45. The lowest BCUT2D eigenvalue weighted by Crippen LogP contribution is -2.57. The Balaban J connectivity index is 1.88. The lowest BCUT2D eigenvalue weighted by molar-refractivity contribution is -0.145. The maximum atomic E-state index is 12.7. The monoisotopic (exact) mass is 425 g/mol. The predicted molar refractivity (Wildman–Crippen MR) is 119 cm³/mol. The van der Waals surface area contributed by atoms with E-state index in [-0.39, 0.29) is 13.2 Å². The molecule has 2 atom stereocenters. The summed E-state index contributed by atoms with van der Waals surface area (Å²) in [5.41, 5.74) is 7.25. The Kier molecular flexibility index (Phi) is 8.75. The minimum atomic E-state index is -0.858. The van der Waals surface area contributed by atoms with Crippen LogP contribution < -0.4 is 16.4 Å². The average Bonchev–Trinajstić information content (AvgIpc) is 2.74. The maximum absolute atomic E-state index is 12.7. The summed E-state index contributed by atoms with van der Waals surface area (Å²) in [6.07, 6.45) is 0.358. The fourth-order valence-electron chi connectivity index (χ4n) is 2.94. The van der Waals surface area contributed by atoms with E-state index in [0.29, 0.717) is 6.42 Å². The molecule has 0 aliphatic heterocycles. The van der Waals surface area contributed by atoms with Gasteiger partial charge in [0, 0.05) is 0 Å². The number of ether oxygens (including phenoxy) is 1. The van der Waals surface area contributed by atoms with E-state index in [2.05, 4.69) is 10.6 Å². The molecule has 0 fully saturated rings. The van der Waals surface area contributed by atoms with Crippen molar-refractivity contribution in [3.05, 3.63) is 71.8 Å². The zero-order chi connectivity index (χ0) is 22.9. The third-order valence-electron chi connectivity index (χ3n) is 4.70. The molecule has 2 aromatic carbocycles. The SMILES string of the molecule is CC(C)(C)[C@H](NC(=O)[C@@H](N)Cc1ccccc1)C(=O)NCC(=O)OCc1ccccc1. The van der Waals surface area contributed by atoms with E-state index < -0.39 is 35.3 Å². The van der Waals surface area contributed by atoms with E-state index in [1.54, 1.807) is 0 Å². The van der Waals surface area contributed by atoms with Crippen molar-refractivity contribution in [2.75, 3.05) is 6.54 Å². The molecule has 0 bridgehead atoms. The summed E-state index contributed by atoms with van der Waals surface area (Å²) in [6.45, 7) is 5.32. The van der Waals surface area contributed by atoms with Gasteiger partial charge < -0.3 is 21.1 Å². The number of carbonyl (C=O) groups is 3. The molecule has 31 heavy (non-hydrogen) atoms. The van der Waals surface area contributed by atoms with Gasteiger partial charge in [0.1, 0.15) is 19.2 Å². The van der Waals surface area contributed by atoms with Crippen molar-refractivity contribution in [2.45, 2.75) is 45.9 Å². The molecule has 0 heterocycles. The largest absolute Gasteiger partial charge is 0.460 e. The fourth-order valence-corrected chi connectivity index (χ4v) is 2.94. The highest BCUT2D eigenvalue weighted by Crippen LogP contribution is 2.19. The number of esters is 1. The molecule has 4 N–H and O–H groups in total. The highest BCUT2D eigenvalue weighted by atomic mass is 16.5. The van der Waals surface area contributed by atoms with Crippen LogP contribution in [0.4, 0.5) is 0 Å². The first-order valence-electron chi connectivity index (χ1n) is 10.2. The van der Waals surface area contributed by atoms with Crippen LogP contribution in [0.15, 0.2) is 60.7 Å². The normalized spacial score (nSPS) is 13.0. The Bertz CT molecular complexity index is 863. The summed E-state index contributed by atoms with van der Waals surface area (Å²) in [5, 5.41) is 5.28. The van der Waals surface area contributed by atoms with Crippen LogP contribution >= 0.6 is 0 Å². The van der Waals surface area contributed by atoms with Crippen molar-refractivity contribution in [1.29, 1.82) is 0 Å². The number of nitrogens with two attached hydrogens (primary N) is 1. The molecule has 0 aliphatic carbocycles. The first kappa shape index (κ1) is 24.1. The van der Waals surface area contributed by atoms with E-state index >= 15 is 0 Å². The number of hydrogen-bond donors (Lipinski definition) is 3. The molecule has 0 radical (unpaired) electrons. The van der Waals surface area contributed by atoms with Crippen molar-refractivity contribution < 1.29 is 19.1 Å². The predicted octanol–water partition coefficient (Wildman–Crippen LogP) is 1.95. The molecule has 0 aliphatic rings. The van der Waals surface area contributed by atoms with Crippen molar-refractivity contribution in [2.24, 2.45) is 11.1 Å². The molecule has 0 unspecified atom stereocenters. The standard InChI is InChI=1S/C24H31N3O4/c1-24(2,3)21(27-22(29)19(25)14-17-10-6-4-7-11-17)23(30)26-15-20(28)31-16-18-12-8-5-9-13-18/h4-13,19,21H,14-16,25H2,1-3H3,(H,26,30)(H,27,29)/t19-,21+/m0/s1. The fraction of sp³-hybridized carbons (Fsp3) is 0.375. The second-order valence-electron chi connectivity index (χ2n) is 8.47. The van der Waals surface area contributed by atoms with Gasteiger partial charge in [-0.2, -0.15) is 0 Å². The highest BCUT2D eigenvalue weighted by molar-refractivity contribution is 5.91. The Morgan fingerprint density at radius 2 is 1.45 bits per heavy atom. The number of benzene rings is 2.